The topological polar surface area (TPSA) is 67.9 Å². The number of esters is 1. The van der Waals surface area contributed by atoms with Crippen LogP contribution in [0.2, 0.25) is 5.02 Å². The molecule has 1 aliphatic rings. The van der Waals surface area contributed by atoms with Crippen LogP contribution in [-0.4, -0.2) is 36.6 Å². The van der Waals surface area contributed by atoms with E-state index in [-0.39, 0.29) is 29.9 Å². The summed E-state index contributed by atoms with van der Waals surface area (Å²) < 4.78 is 4.74. The highest BCUT2D eigenvalue weighted by atomic mass is 35.5. The van der Waals surface area contributed by atoms with Gasteiger partial charge >= 0.3 is 5.97 Å². The fourth-order valence-corrected chi connectivity index (χ4v) is 4.40. The molecule has 7 heteroatoms. The Morgan fingerprint density at radius 1 is 1.16 bits per heavy atom. The number of benzene rings is 2. The molecule has 3 rings (SSSR count). The second-order valence-corrected chi connectivity index (χ2v) is 8.52. The molecule has 172 valence electrons. The molecule has 0 spiro atoms. The molecule has 0 radical (unpaired) electrons. The number of nitrogens with zero attached hydrogens (tertiary/aromatic N) is 1. The van der Waals surface area contributed by atoms with Crippen molar-refractivity contribution in [2.75, 3.05) is 13.7 Å². The van der Waals surface area contributed by atoms with Crippen molar-refractivity contribution in [3.63, 3.8) is 0 Å². The van der Waals surface area contributed by atoms with E-state index in [1.807, 2.05) is 43.2 Å². The van der Waals surface area contributed by atoms with Crippen LogP contribution in [0.4, 0.5) is 0 Å². The number of methoxy groups -OCH3 is 1. The first kappa shape index (κ1) is 24.1. The number of halogens is 1. The standard InChI is InChI=1S/C25H31ClN2O4/c1-4-28(32-21-9-7-8-20(26)16-21)23-11-6-5-10-22(23)24(29)27-17(2)18-12-14-19(15-13-18)25(30)31-3/h7-9,12-17,22-23H,4-6,10-11H2,1-3H3,(H,27,29)/t17-,22?,23?/m0/s1. The van der Waals surface area contributed by atoms with Crippen molar-refractivity contribution in [3.8, 4) is 5.75 Å². The average Bonchev–Trinajstić information content (AvgIpc) is 2.82. The normalized spacial score (nSPS) is 19.3. The fraction of sp³-hybridized carbons (Fsp3) is 0.440. The molecule has 2 aromatic rings. The fourth-order valence-electron chi connectivity index (χ4n) is 4.22. The predicted molar refractivity (Wildman–Crippen MR) is 125 cm³/mol. The third-order valence-electron chi connectivity index (χ3n) is 5.96. The number of hydroxylamine groups is 2. The first-order valence-corrected chi connectivity index (χ1v) is 11.5. The van der Waals surface area contributed by atoms with Gasteiger partial charge in [0.25, 0.3) is 0 Å². The summed E-state index contributed by atoms with van der Waals surface area (Å²) in [5.74, 6) is 0.146. The van der Waals surface area contributed by atoms with Crippen LogP contribution in [0.15, 0.2) is 48.5 Å². The molecular weight excluding hydrogens is 428 g/mol. The van der Waals surface area contributed by atoms with Crippen molar-refractivity contribution in [1.82, 2.24) is 10.4 Å². The Balaban J connectivity index is 1.68. The summed E-state index contributed by atoms with van der Waals surface area (Å²) in [6, 6.07) is 14.2. The van der Waals surface area contributed by atoms with Crippen molar-refractivity contribution >= 4 is 23.5 Å². The Morgan fingerprint density at radius 3 is 2.53 bits per heavy atom. The van der Waals surface area contributed by atoms with Crippen LogP contribution in [-0.2, 0) is 9.53 Å². The summed E-state index contributed by atoms with van der Waals surface area (Å²) in [6.45, 7) is 4.63. The summed E-state index contributed by atoms with van der Waals surface area (Å²) in [5.41, 5.74) is 1.42. The second-order valence-electron chi connectivity index (χ2n) is 8.08. The first-order chi connectivity index (χ1) is 15.4. The van der Waals surface area contributed by atoms with Gasteiger partial charge in [0.2, 0.25) is 5.91 Å². The zero-order chi connectivity index (χ0) is 23.1. The van der Waals surface area contributed by atoms with Crippen molar-refractivity contribution in [3.05, 3.63) is 64.7 Å². The lowest BCUT2D eigenvalue weighted by atomic mass is 9.83. The van der Waals surface area contributed by atoms with Crippen LogP contribution in [0.5, 0.6) is 5.75 Å². The van der Waals surface area contributed by atoms with Crippen molar-refractivity contribution in [2.24, 2.45) is 5.92 Å². The Labute approximate surface area is 194 Å². The maximum atomic E-state index is 13.3. The summed E-state index contributed by atoms with van der Waals surface area (Å²) in [5, 5.41) is 5.67. The molecule has 0 aromatic heterocycles. The van der Waals surface area contributed by atoms with Gasteiger partial charge in [-0.05, 0) is 56.5 Å². The van der Waals surface area contributed by atoms with Gasteiger partial charge in [0.1, 0.15) is 5.75 Å². The molecule has 0 heterocycles. The average molecular weight is 459 g/mol. The quantitative estimate of drug-likeness (QED) is 0.436. The SMILES string of the molecule is CCN(Oc1cccc(Cl)c1)C1CCCCC1C(=O)N[C@@H](C)c1ccc(C(=O)OC)cc1. The highest BCUT2D eigenvalue weighted by Gasteiger charge is 2.36. The van der Waals surface area contributed by atoms with Gasteiger partial charge < -0.3 is 14.9 Å². The lowest BCUT2D eigenvalue weighted by molar-refractivity contribution is -0.145. The van der Waals surface area contributed by atoms with E-state index < -0.39 is 0 Å². The maximum Gasteiger partial charge on any atom is 0.337 e. The summed E-state index contributed by atoms with van der Waals surface area (Å²) in [7, 11) is 1.36. The summed E-state index contributed by atoms with van der Waals surface area (Å²) in [4.78, 5) is 31.0. The largest absolute Gasteiger partial charge is 0.465 e. The molecule has 1 aliphatic carbocycles. The lowest BCUT2D eigenvalue weighted by Gasteiger charge is -2.38. The van der Waals surface area contributed by atoms with Gasteiger partial charge in [0, 0.05) is 17.6 Å². The van der Waals surface area contributed by atoms with E-state index in [0.29, 0.717) is 22.9 Å². The first-order valence-electron chi connectivity index (χ1n) is 11.1. The van der Waals surface area contributed by atoms with Gasteiger partial charge in [-0.15, -0.1) is 5.06 Å². The molecule has 2 aromatic carbocycles. The highest BCUT2D eigenvalue weighted by molar-refractivity contribution is 6.30. The molecule has 1 fully saturated rings. The molecule has 0 aliphatic heterocycles. The Kier molecular flexibility index (Phi) is 8.53. The molecule has 2 unspecified atom stereocenters. The molecule has 32 heavy (non-hydrogen) atoms. The Hall–Kier alpha value is -2.57. The third-order valence-corrected chi connectivity index (χ3v) is 6.19. The summed E-state index contributed by atoms with van der Waals surface area (Å²) in [6.07, 6.45) is 3.80. The number of carbonyl (C=O) groups excluding carboxylic acids is 2. The third kappa shape index (κ3) is 6.02. The minimum Gasteiger partial charge on any atom is -0.465 e. The van der Waals surface area contributed by atoms with E-state index in [9.17, 15) is 9.59 Å². The van der Waals surface area contributed by atoms with Gasteiger partial charge in [-0.25, -0.2) is 4.79 Å². The molecule has 1 amide bonds. The molecule has 1 saturated carbocycles. The van der Waals surface area contributed by atoms with Crippen LogP contribution in [0.25, 0.3) is 0 Å². The summed E-state index contributed by atoms with van der Waals surface area (Å²) >= 11 is 6.10. The van der Waals surface area contributed by atoms with E-state index in [1.54, 1.807) is 24.3 Å². The lowest BCUT2D eigenvalue weighted by Crippen LogP contribution is -2.50. The highest BCUT2D eigenvalue weighted by Crippen LogP contribution is 2.31. The van der Waals surface area contributed by atoms with E-state index in [0.717, 1.165) is 31.2 Å². The number of hydrogen-bond donors (Lipinski definition) is 1. The van der Waals surface area contributed by atoms with Gasteiger partial charge in [0.05, 0.1) is 30.7 Å². The van der Waals surface area contributed by atoms with Gasteiger partial charge in [0.15, 0.2) is 0 Å². The van der Waals surface area contributed by atoms with Crippen molar-refractivity contribution in [2.45, 2.75) is 51.6 Å². The molecule has 0 bridgehead atoms. The van der Waals surface area contributed by atoms with Crippen LogP contribution in [0.1, 0.15) is 61.5 Å². The van der Waals surface area contributed by atoms with Crippen LogP contribution in [0, 0.1) is 5.92 Å². The number of nitrogens with one attached hydrogen (secondary N) is 1. The molecule has 3 atom stereocenters. The van der Waals surface area contributed by atoms with Crippen LogP contribution < -0.4 is 10.2 Å². The molecule has 1 N–H and O–H groups in total. The maximum absolute atomic E-state index is 13.3. The number of hydrogen-bond acceptors (Lipinski definition) is 5. The molecule has 6 nitrogen and oxygen atoms in total. The zero-order valence-corrected chi connectivity index (χ0v) is 19.6. The van der Waals surface area contributed by atoms with Gasteiger partial charge in [-0.2, -0.15) is 0 Å². The van der Waals surface area contributed by atoms with Gasteiger partial charge in [-0.1, -0.05) is 42.6 Å². The van der Waals surface area contributed by atoms with E-state index in [2.05, 4.69) is 5.32 Å². The van der Waals surface area contributed by atoms with E-state index in [4.69, 9.17) is 21.2 Å². The number of carbonyl (C=O) groups is 2. The number of rotatable bonds is 8. The second kappa shape index (κ2) is 11.3. The smallest absolute Gasteiger partial charge is 0.337 e. The monoisotopic (exact) mass is 458 g/mol. The molecular formula is C25H31ClN2O4. The number of amides is 1. The minimum atomic E-state index is -0.377. The van der Waals surface area contributed by atoms with Crippen LogP contribution in [0.3, 0.4) is 0 Å². The van der Waals surface area contributed by atoms with Crippen molar-refractivity contribution in [1.29, 1.82) is 0 Å². The van der Waals surface area contributed by atoms with Gasteiger partial charge in [-0.3, -0.25) is 4.79 Å². The molecule has 0 saturated heterocycles. The van der Waals surface area contributed by atoms with E-state index in [1.165, 1.54) is 7.11 Å². The minimum absolute atomic E-state index is 0.0124. The number of ether oxygens (including phenoxy) is 1. The zero-order valence-electron chi connectivity index (χ0n) is 18.8. The predicted octanol–water partition coefficient (Wildman–Crippen LogP) is 5.18. The van der Waals surface area contributed by atoms with E-state index >= 15 is 0 Å². The Bertz CT molecular complexity index is 918. The van der Waals surface area contributed by atoms with Crippen molar-refractivity contribution < 1.29 is 19.2 Å². The Morgan fingerprint density at radius 2 is 1.88 bits per heavy atom. The van der Waals surface area contributed by atoms with Crippen LogP contribution >= 0.6 is 11.6 Å².